The lowest BCUT2D eigenvalue weighted by Gasteiger charge is -2.11. The van der Waals surface area contributed by atoms with Gasteiger partial charge in [0.1, 0.15) is 11.1 Å². The Balaban J connectivity index is 1.01. The Bertz CT molecular complexity index is 3500. The zero-order chi connectivity index (χ0) is 36.0. The fourth-order valence-electron chi connectivity index (χ4n) is 8.64. The topological polar surface area (TPSA) is 48.8 Å². The number of rotatable bonds is 4. The summed E-state index contributed by atoms with van der Waals surface area (Å²) in [5, 5.41) is 8.08. The number of fused-ring (bicyclic) bond motifs is 11. The summed E-state index contributed by atoms with van der Waals surface area (Å²) < 4.78 is 11.1. The molecule has 256 valence electrons. The number of nitrogens with zero attached hydrogens (tertiary/aromatic N) is 4. The molecule has 12 rings (SSSR count). The molecule has 0 aliphatic heterocycles. The lowest BCUT2D eigenvalue weighted by molar-refractivity contribution is 0.657. The maximum absolute atomic E-state index is 6.39. The van der Waals surface area contributed by atoms with Crippen molar-refractivity contribution in [3.05, 3.63) is 182 Å². The van der Waals surface area contributed by atoms with Crippen molar-refractivity contribution < 1.29 is 4.42 Å². The van der Waals surface area contributed by atoms with E-state index < -0.39 is 0 Å². The molecule has 0 saturated carbocycles. The van der Waals surface area contributed by atoms with Gasteiger partial charge in [-0.05, 0) is 77.2 Å². The third-order valence-corrected chi connectivity index (χ3v) is 11.2. The van der Waals surface area contributed by atoms with Crippen molar-refractivity contribution in [2.75, 3.05) is 0 Å². The van der Waals surface area contributed by atoms with Crippen LogP contribution in [0.1, 0.15) is 0 Å². The summed E-state index contributed by atoms with van der Waals surface area (Å²) in [7, 11) is 0. The molecule has 12 aromatic rings. The maximum Gasteiger partial charge on any atom is 0.246 e. The molecule has 0 radical (unpaired) electrons. The number of para-hydroxylation sites is 3. The highest BCUT2D eigenvalue weighted by Gasteiger charge is 2.18. The zero-order valence-corrected chi connectivity index (χ0v) is 29.5. The van der Waals surface area contributed by atoms with Crippen LogP contribution >= 0.6 is 0 Å². The largest absolute Gasteiger partial charge is 0.436 e. The molecule has 55 heavy (non-hydrogen) atoms. The first-order valence-corrected chi connectivity index (χ1v) is 18.6. The Morgan fingerprint density at radius 3 is 1.89 bits per heavy atom. The molecule has 0 aliphatic carbocycles. The van der Waals surface area contributed by atoms with E-state index in [4.69, 9.17) is 14.4 Å². The minimum absolute atomic E-state index is 0.541. The van der Waals surface area contributed by atoms with Gasteiger partial charge >= 0.3 is 0 Å². The minimum Gasteiger partial charge on any atom is -0.436 e. The third-order valence-electron chi connectivity index (χ3n) is 11.2. The summed E-state index contributed by atoms with van der Waals surface area (Å²) in [5.74, 6) is 0. The van der Waals surface area contributed by atoms with Crippen LogP contribution < -0.4 is 0 Å². The lowest BCUT2D eigenvalue weighted by Crippen LogP contribution is -1.95. The Labute approximate surface area is 315 Å². The molecule has 0 unspecified atom stereocenters. The average Bonchev–Trinajstić information content (AvgIpc) is 3.91. The quantitative estimate of drug-likeness (QED) is 0.183. The Morgan fingerprint density at radius 2 is 1.04 bits per heavy atom. The molecule has 4 aromatic heterocycles. The van der Waals surface area contributed by atoms with Gasteiger partial charge in [0.05, 0.1) is 34.0 Å². The van der Waals surface area contributed by atoms with Crippen LogP contribution in [0.3, 0.4) is 0 Å². The molecule has 0 bridgehead atoms. The molecule has 0 N–H and O–H groups in total. The fraction of sp³-hybridized carbons (Fsp3) is 0. The normalized spacial score (nSPS) is 12.0. The van der Waals surface area contributed by atoms with Gasteiger partial charge in [0.15, 0.2) is 0 Å². The second-order valence-electron chi connectivity index (χ2n) is 14.2. The smallest absolute Gasteiger partial charge is 0.246 e. The van der Waals surface area contributed by atoms with Crippen molar-refractivity contribution in [2.24, 2.45) is 0 Å². The van der Waals surface area contributed by atoms with Gasteiger partial charge in [0.2, 0.25) is 5.71 Å². The molecule has 5 nitrogen and oxygen atoms in total. The van der Waals surface area contributed by atoms with E-state index in [9.17, 15) is 0 Å². The van der Waals surface area contributed by atoms with Crippen molar-refractivity contribution in [3.8, 4) is 33.8 Å². The van der Waals surface area contributed by atoms with Crippen LogP contribution in [-0.2, 0) is 0 Å². The van der Waals surface area contributed by atoms with Gasteiger partial charge in [-0.3, -0.25) is 0 Å². The average molecular weight is 703 g/mol. The molecule has 8 aromatic carbocycles. The van der Waals surface area contributed by atoms with Crippen molar-refractivity contribution in [1.82, 2.24) is 19.1 Å². The molecule has 0 atom stereocenters. The van der Waals surface area contributed by atoms with E-state index in [0.717, 1.165) is 60.9 Å². The predicted octanol–water partition coefficient (Wildman–Crippen LogP) is 13.1. The van der Waals surface area contributed by atoms with E-state index in [1.165, 1.54) is 43.7 Å². The van der Waals surface area contributed by atoms with Crippen molar-refractivity contribution in [2.45, 2.75) is 0 Å². The van der Waals surface area contributed by atoms with E-state index in [0.29, 0.717) is 5.71 Å². The van der Waals surface area contributed by atoms with E-state index in [2.05, 4.69) is 173 Å². The Hall–Kier alpha value is -7.50. The monoisotopic (exact) mass is 702 g/mol. The van der Waals surface area contributed by atoms with Gasteiger partial charge in [-0.25, -0.2) is 9.97 Å². The van der Waals surface area contributed by atoms with Gasteiger partial charge < -0.3 is 13.6 Å². The van der Waals surface area contributed by atoms with Crippen LogP contribution in [0.2, 0.25) is 0 Å². The zero-order valence-electron chi connectivity index (χ0n) is 29.5. The van der Waals surface area contributed by atoms with E-state index in [1.54, 1.807) is 0 Å². The summed E-state index contributed by atoms with van der Waals surface area (Å²) >= 11 is 0. The highest BCUT2D eigenvalue weighted by atomic mass is 16.3. The lowest BCUT2D eigenvalue weighted by atomic mass is 10.0. The van der Waals surface area contributed by atoms with Gasteiger partial charge in [-0.2, -0.15) is 0 Å². The first-order chi connectivity index (χ1) is 27.3. The maximum atomic E-state index is 6.39. The minimum atomic E-state index is 0.541. The Kier molecular flexibility index (Phi) is 6.27. The number of hydrogen-bond acceptors (Lipinski definition) is 3. The number of hydrogen-bond donors (Lipinski definition) is 0. The van der Waals surface area contributed by atoms with Crippen LogP contribution in [-0.4, -0.2) is 19.1 Å². The molecule has 4 heterocycles. The highest BCUT2D eigenvalue weighted by Crippen LogP contribution is 2.39. The summed E-state index contributed by atoms with van der Waals surface area (Å²) in [5.41, 5.74) is 13.1. The number of aromatic nitrogens is 4. The SMILES string of the molecule is c1ccc(-n2c3ccccc3c3cc(-c4ccc5c6ccccc6n(-c6cccc(-c7cnc8c(n7)oc7c9ccccc9ccc87)c6)c5c4)ccc32)cc1. The van der Waals surface area contributed by atoms with Crippen LogP contribution in [0.25, 0.3) is 110 Å². The molecule has 5 heteroatoms. The van der Waals surface area contributed by atoms with E-state index in [1.807, 2.05) is 18.3 Å². The number of benzene rings is 8. The van der Waals surface area contributed by atoms with Crippen LogP contribution in [0.15, 0.2) is 187 Å². The third kappa shape index (κ3) is 4.47. The Morgan fingerprint density at radius 1 is 0.400 bits per heavy atom. The molecule has 0 amide bonds. The van der Waals surface area contributed by atoms with Gasteiger partial charge in [0.25, 0.3) is 0 Å². The summed E-state index contributed by atoms with van der Waals surface area (Å²) in [6, 6.07) is 62.7. The summed E-state index contributed by atoms with van der Waals surface area (Å²) in [6.07, 6.45) is 1.86. The first-order valence-electron chi connectivity index (χ1n) is 18.6. The molecular formula is C50H30N4O. The molecule has 0 aliphatic rings. The van der Waals surface area contributed by atoms with Crippen LogP contribution in [0, 0.1) is 0 Å². The van der Waals surface area contributed by atoms with Crippen LogP contribution in [0.5, 0.6) is 0 Å². The van der Waals surface area contributed by atoms with Gasteiger partial charge in [0, 0.05) is 49.3 Å². The van der Waals surface area contributed by atoms with Crippen molar-refractivity contribution in [3.63, 3.8) is 0 Å². The van der Waals surface area contributed by atoms with Crippen molar-refractivity contribution >= 4 is 76.6 Å². The first kappa shape index (κ1) is 30.0. The highest BCUT2D eigenvalue weighted by molar-refractivity contribution is 6.14. The fourth-order valence-corrected chi connectivity index (χ4v) is 8.64. The van der Waals surface area contributed by atoms with Gasteiger partial charge in [-0.15, -0.1) is 0 Å². The predicted molar refractivity (Wildman–Crippen MR) is 226 cm³/mol. The second-order valence-corrected chi connectivity index (χ2v) is 14.2. The number of furan rings is 1. The standard InChI is InChI=1S/C50H30N4O/c1-2-13-35(14-3-1)53-45-20-9-7-18-39(45)42-28-32(23-26-46(42)53)33-22-24-40-38-17-6-8-19-44(38)54(47(40)29-33)36-15-10-12-34(27-36)43-30-51-48-41-25-21-31-11-4-5-16-37(31)49(41)55-50(48)52-43/h1-30H. The van der Waals surface area contributed by atoms with Crippen molar-refractivity contribution in [1.29, 1.82) is 0 Å². The molecule has 0 fully saturated rings. The second kappa shape index (κ2) is 11.5. The molecular weight excluding hydrogens is 673 g/mol. The molecule has 0 saturated heterocycles. The summed E-state index contributed by atoms with van der Waals surface area (Å²) in [4.78, 5) is 9.90. The van der Waals surface area contributed by atoms with Crippen LogP contribution in [0.4, 0.5) is 0 Å². The summed E-state index contributed by atoms with van der Waals surface area (Å²) in [6.45, 7) is 0. The van der Waals surface area contributed by atoms with Gasteiger partial charge in [-0.1, -0.05) is 115 Å². The van der Waals surface area contributed by atoms with E-state index >= 15 is 0 Å². The molecule has 0 spiro atoms. The van der Waals surface area contributed by atoms with E-state index in [-0.39, 0.29) is 0 Å².